The van der Waals surface area contributed by atoms with E-state index < -0.39 is 4.92 Å². The molecule has 0 radical (unpaired) electrons. The van der Waals surface area contributed by atoms with Crippen molar-refractivity contribution >= 4 is 23.3 Å². The van der Waals surface area contributed by atoms with Crippen LogP contribution in [0.4, 0.5) is 11.5 Å². The van der Waals surface area contributed by atoms with Gasteiger partial charge in [-0.05, 0) is 30.7 Å². The minimum Gasteiger partial charge on any atom is -0.370 e. The van der Waals surface area contributed by atoms with Crippen LogP contribution in [-0.4, -0.2) is 16.5 Å². The Morgan fingerprint density at radius 1 is 1.24 bits per heavy atom. The zero-order chi connectivity index (χ0) is 15.1. The monoisotopic (exact) mass is 303 g/mol. The Labute approximate surface area is 127 Å². The maximum absolute atomic E-state index is 10.6. The number of thioether (sulfide) groups is 1. The van der Waals surface area contributed by atoms with Gasteiger partial charge in [0.25, 0.3) is 5.69 Å². The first kappa shape index (κ1) is 15.3. The van der Waals surface area contributed by atoms with E-state index in [9.17, 15) is 10.1 Å². The molecule has 1 aromatic carbocycles. The summed E-state index contributed by atoms with van der Waals surface area (Å²) in [6.45, 7) is 3.02. The number of nitrogens with zero attached hydrogens (tertiary/aromatic N) is 2. The highest BCUT2D eigenvalue weighted by Crippen LogP contribution is 2.24. The van der Waals surface area contributed by atoms with Gasteiger partial charge >= 0.3 is 0 Å². The average molecular weight is 303 g/mol. The van der Waals surface area contributed by atoms with Crippen LogP contribution in [0.25, 0.3) is 0 Å². The summed E-state index contributed by atoms with van der Waals surface area (Å²) in [6, 6.07) is 12.5. The molecule has 2 aromatic rings. The fraction of sp³-hybridized carbons (Fsp3) is 0.267. The van der Waals surface area contributed by atoms with E-state index in [1.807, 2.05) is 18.2 Å². The molecule has 0 fully saturated rings. The number of non-ortho nitro benzene ring substituents is 1. The van der Waals surface area contributed by atoms with Gasteiger partial charge in [0.2, 0.25) is 0 Å². The van der Waals surface area contributed by atoms with E-state index in [4.69, 9.17) is 0 Å². The van der Waals surface area contributed by atoms with Crippen molar-refractivity contribution in [2.24, 2.45) is 0 Å². The van der Waals surface area contributed by atoms with Crippen LogP contribution >= 0.6 is 11.8 Å². The second-order valence-corrected chi connectivity index (χ2v) is 5.53. The van der Waals surface area contributed by atoms with E-state index in [2.05, 4.69) is 17.2 Å². The van der Waals surface area contributed by atoms with Crippen molar-refractivity contribution < 1.29 is 4.92 Å². The summed E-state index contributed by atoms with van der Waals surface area (Å²) in [4.78, 5) is 15.7. The summed E-state index contributed by atoms with van der Waals surface area (Å²) in [5.41, 5.74) is 1.10. The van der Waals surface area contributed by atoms with Gasteiger partial charge < -0.3 is 5.32 Å². The molecule has 0 aliphatic carbocycles. The molecule has 110 valence electrons. The van der Waals surface area contributed by atoms with Crippen molar-refractivity contribution in [2.45, 2.75) is 24.0 Å². The number of rotatable bonds is 7. The van der Waals surface area contributed by atoms with Gasteiger partial charge in [0, 0.05) is 29.3 Å². The number of anilines is 1. The van der Waals surface area contributed by atoms with Gasteiger partial charge in [0.05, 0.1) is 10.6 Å². The van der Waals surface area contributed by atoms with Crippen LogP contribution in [0.2, 0.25) is 0 Å². The summed E-state index contributed by atoms with van der Waals surface area (Å²) >= 11 is 1.61. The van der Waals surface area contributed by atoms with Crippen LogP contribution in [-0.2, 0) is 5.75 Å². The average Bonchev–Trinajstić information content (AvgIpc) is 2.52. The zero-order valence-corrected chi connectivity index (χ0v) is 12.6. The van der Waals surface area contributed by atoms with Crippen LogP contribution < -0.4 is 5.32 Å². The Kier molecular flexibility index (Phi) is 5.57. The lowest BCUT2D eigenvalue weighted by Gasteiger charge is -2.06. The molecule has 1 aromatic heterocycles. The number of nitro groups is 1. The molecule has 0 amide bonds. The molecule has 1 heterocycles. The Morgan fingerprint density at radius 2 is 2.00 bits per heavy atom. The minimum atomic E-state index is -0.390. The third-order valence-corrected chi connectivity index (χ3v) is 3.84. The van der Waals surface area contributed by atoms with Crippen LogP contribution in [0.3, 0.4) is 0 Å². The summed E-state index contributed by atoms with van der Waals surface area (Å²) in [5.74, 6) is 1.62. The van der Waals surface area contributed by atoms with Gasteiger partial charge in [0.15, 0.2) is 0 Å². The highest BCUT2D eigenvalue weighted by molar-refractivity contribution is 7.98. The lowest BCUT2D eigenvalue weighted by atomic mass is 10.3. The van der Waals surface area contributed by atoms with Crippen molar-refractivity contribution in [3.05, 3.63) is 58.3 Å². The van der Waals surface area contributed by atoms with Crippen molar-refractivity contribution in [1.29, 1.82) is 0 Å². The Morgan fingerprint density at radius 3 is 2.67 bits per heavy atom. The summed E-state index contributed by atoms with van der Waals surface area (Å²) in [6.07, 6.45) is 1.06. The topological polar surface area (TPSA) is 68.1 Å². The van der Waals surface area contributed by atoms with E-state index >= 15 is 0 Å². The molecule has 0 aliphatic heterocycles. The van der Waals surface area contributed by atoms with Gasteiger partial charge in [-0.25, -0.2) is 4.98 Å². The molecule has 0 atom stereocenters. The SMILES string of the molecule is CCCNc1cccc(CSc2ccc([N+](=O)[O-])cc2)n1. The van der Waals surface area contributed by atoms with Crippen molar-refractivity contribution in [2.75, 3.05) is 11.9 Å². The minimum absolute atomic E-state index is 0.114. The third kappa shape index (κ3) is 4.75. The highest BCUT2D eigenvalue weighted by Gasteiger charge is 2.05. The lowest BCUT2D eigenvalue weighted by molar-refractivity contribution is -0.384. The number of pyridine rings is 1. The smallest absolute Gasteiger partial charge is 0.269 e. The molecule has 0 bridgehead atoms. The van der Waals surface area contributed by atoms with Gasteiger partial charge in [0.1, 0.15) is 5.82 Å². The second kappa shape index (κ2) is 7.64. The summed E-state index contributed by atoms with van der Waals surface area (Å²) in [5, 5.41) is 13.9. The first-order valence-electron chi connectivity index (χ1n) is 6.76. The Balaban J connectivity index is 1.94. The number of benzene rings is 1. The first-order valence-corrected chi connectivity index (χ1v) is 7.74. The number of hydrogen-bond acceptors (Lipinski definition) is 5. The highest BCUT2D eigenvalue weighted by atomic mass is 32.2. The number of nitrogens with one attached hydrogen (secondary N) is 1. The van der Waals surface area contributed by atoms with Crippen molar-refractivity contribution in [3.63, 3.8) is 0 Å². The van der Waals surface area contributed by atoms with Crippen LogP contribution in [0.5, 0.6) is 0 Å². The number of nitro benzene ring substituents is 1. The number of hydrogen-bond donors (Lipinski definition) is 1. The van der Waals surface area contributed by atoms with E-state index in [0.717, 1.165) is 35.1 Å². The molecule has 21 heavy (non-hydrogen) atoms. The maximum atomic E-state index is 10.6. The lowest BCUT2D eigenvalue weighted by Crippen LogP contribution is -2.02. The van der Waals surface area contributed by atoms with Crippen molar-refractivity contribution in [3.8, 4) is 0 Å². The molecule has 0 aliphatic rings. The normalized spacial score (nSPS) is 10.3. The molecule has 0 saturated heterocycles. The van der Waals surface area contributed by atoms with Crippen LogP contribution in [0.15, 0.2) is 47.4 Å². The zero-order valence-electron chi connectivity index (χ0n) is 11.8. The standard InChI is InChI=1S/C15H17N3O2S/c1-2-10-16-15-5-3-4-12(17-15)11-21-14-8-6-13(7-9-14)18(19)20/h3-9H,2,10-11H2,1H3,(H,16,17). The van der Waals surface area contributed by atoms with Gasteiger partial charge in [-0.2, -0.15) is 0 Å². The van der Waals surface area contributed by atoms with Crippen molar-refractivity contribution in [1.82, 2.24) is 4.98 Å². The van der Waals surface area contributed by atoms with E-state index in [1.165, 1.54) is 12.1 Å². The van der Waals surface area contributed by atoms with E-state index in [0.29, 0.717) is 0 Å². The predicted molar refractivity (Wildman–Crippen MR) is 85.7 cm³/mol. The Hall–Kier alpha value is -2.08. The van der Waals surface area contributed by atoms with E-state index in [1.54, 1.807) is 23.9 Å². The predicted octanol–water partition coefficient (Wildman–Crippen LogP) is 4.10. The Bertz CT molecular complexity index is 602. The first-order chi connectivity index (χ1) is 10.2. The molecule has 0 unspecified atom stereocenters. The van der Waals surface area contributed by atoms with E-state index in [-0.39, 0.29) is 5.69 Å². The largest absolute Gasteiger partial charge is 0.370 e. The van der Waals surface area contributed by atoms with Crippen LogP contribution in [0, 0.1) is 10.1 Å². The fourth-order valence-corrected chi connectivity index (χ4v) is 2.54. The molecule has 6 heteroatoms. The fourth-order valence-electron chi connectivity index (χ4n) is 1.73. The molecular weight excluding hydrogens is 286 g/mol. The molecule has 1 N–H and O–H groups in total. The van der Waals surface area contributed by atoms with Crippen LogP contribution in [0.1, 0.15) is 19.0 Å². The molecule has 5 nitrogen and oxygen atoms in total. The second-order valence-electron chi connectivity index (χ2n) is 4.48. The molecule has 0 saturated carbocycles. The molecule has 0 spiro atoms. The maximum Gasteiger partial charge on any atom is 0.269 e. The quantitative estimate of drug-likeness (QED) is 0.474. The molecule has 2 rings (SSSR count). The van der Waals surface area contributed by atoms with Gasteiger partial charge in [-0.3, -0.25) is 10.1 Å². The van der Waals surface area contributed by atoms with Gasteiger partial charge in [-0.1, -0.05) is 13.0 Å². The third-order valence-electron chi connectivity index (χ3n) is 2.80. The summed E-state index contributed by atoms with van der Waals surface area (Å²) < 4.78 is 0. The summed E-state index contributed by atoms with van der Waals surface area (Å²) in [7, 11) is 0. The van der Waals surface area contributed by atoms with Gasteiger partial charge in [-0.15, -0.1) is 11.8 Å². The molecular formula is C15H17N3O2S. The number of aromatic nitrogens is 1.